The molecule has 5 amide bonds. The van der Waals surface area contributed by atoms with Crippen molar-refractivity contribution in [3.05, 3.63) is 137 Å². The van der Waals surface area contributed by atoms with E-state index in [1.54, 1.807) is 25.1 Å². The summed E-state index contributed by atoms with van der Waals surface area (Å²) >= 11 is 0. The fourth-order valence-corrected chi connectivity index (χ4v) is 6.21. The van der Waals surface area contributed by atoms with Crippen LogP contribution in [0.5, 0.6) is 28.7 Å². The molecule has 6 aromatic rings. The largest absolute Gasteiger partial charge is 0.508 e. The molecule has 0 aliphatic heterocycles. The number of aliphatic hydroxyl groups excluding tert-OH is 1. The van der Waals surface area contributed by atoms with Gasteiger partial charge in [0.2, 0.25) is 5.91 Å². The highest BCUT2D eigenvalue weighted by Gasteiger charge is 2.26. The normalized spacial score (nSPS) is 11.4. The van der Waals surface area contributed by atoms with Gasteiger partial charge in [0.1, 0.15) is 29.7 Å². The Hall–Kier alpha value is -9.31. The van der Waals surface area contributed by atoms with E-state index >= 15 is 0 Å². The molecule has 0 saturated carbocycles. The summed E-state index contributed by atoms with van der Waals surface area (Å²) in [7, 11) is 1.18. The van der Waals surface area contributed by atoms with Crippen molar-refractivity contribution in [2.75, 3.05) is 41.6 Å². The van der Waals surface area contributed by atoms with Gasteiger partial charge in [0.15, 0.2) is 23.0 Å². The summed E-state index contributed by atoms with van der Waals surface area (Å²) < 4.78 is 10.6. The standard InChI is InChI=1S/C45H41N9O13/c1-23(19-24-3-10-29(56)11-4-24)40(59)49-27-9-14-34(46-21-27)43(62)52-35(20-28-22-47-54-53-28)44(63)48-26-7-5-25(6-8-26)41(60)50-32-15-12-30(36(57)38(32)66-2)42(61)51-33-16-13-31(45(64)65)37(58)39(33)67-18-17-55/h3-16,19,21-22,35,55-58H,17-18,20H2,1-2H3,(H,48,63)(H,49,59)(H,50,60)(H,51,61)(H,52,62)(H,64,65)(H,47,53,54)/b23-19+. The average molecular weight is 916 g/mol. The first kappa shape index (κ1) is 47.2. The maximum atomic E-state index is 13.6. The van der Waals surface area contributed by atoms with Crippen molar-refractivity contribution in [1.29, 1.82) is 0 Å². The van der Waals surface area contributed by atoms with Crippen molar-refractivity contribution in [1.82, 2.24) is 25.7 Å². The molecule has 0 radical (unpaired) electrons. The van der Waals surface area contributed by atoms with Gasteiger partial charge in [0, 0.05) is 23.2 Å². The molecule has 0 bridgehead atoms. The second kappa shape index (κ2) is 21.4. The van der Waals surface area contributed by atoms with Crippen molar-refractivity contribution < 1.29 is 63.8 Å². The molecule has 1 unspecified atom stereocenters. The molecular weight excluding hydrogens is 875 g/mol. The number of carboxylic acid groups (broad SMARTS) is 1. The number of aromatic nitrogens is 4. The lowest BCUT2D eigenvalue weighted by atomic mass is 10.1. The van der Waals surface area contributed by atoms with E-state index < -0.39 is 71.0 Å². The number of aliphatic hydroxyl groups is 1. The zero-order valence-corrected chi connectivity index (χ0v) is 35.4. The van der Waals surface area contributed by atoms with E-state index in [2.05, 4.69) is 47.0 Å². The summed E-state index contributed by atoms with van der Waals surface area (Å²) in [5, 5.41) is 72.6. The third kappa shape index (κ3) is 11.8. The monoisotopic (exact) mass is 915 g/mol. The van der Waals surface area contributed by atoms with Gasteiger partial charge in [-0.05, 0) is 91.4 Å². The minimum absolute atomic E-state index is 0.0376. The highest BCUT2D eigenvalue weighted by molar-refractivity contribution is 6.11. The average Bonchev–Trinajstić information content (AvgIpc) is 3.83. The molecule has 4 aromatic carbocycles. The van der Waals surface area contributed by atoms with Gasteiger partial charge in [-0.1, -0.05) is 17.3 Å². The summed E-state index contributed by atoms with van der Waals surface area (Å²) in [6, 6.07) is 18.2. The van der Waals surface area contributed by atoms with Gasteiger partial charge in [-0.25, -0.2) is 9.78 Å². The molecule has 344 valence electrons. The second-order valence-corrected chi connectivity index (χ2v) is 14.2. The lowest BCUT2D eigenvalue weighted by Crippen LogP contribution is -2.45. The SMILES string of the molecule is COc1c(NC(=O)c2ccc(NC(=O)C(Cc3cnn[nH]3)NC(=O)c3ccc(NC(=O)/C(C)=C/c4ccc(O)cc4)cn3)cc2)ccc(C(=O)Nc2ccc(C(=O)O)c(O)c2OCCO)c1O. The number of carbonyl (C=O) groups excluding carboxylic acids is 5. The van der Waals surface area contributed by atoms with Gasteiger partial charge < -0.3 is 61.6 Å². The number of pyridine rings is 1. The fourth-order valence-electron chi connectivity index (χ4n) is 6.21. The number of rotatable bonds is 18. The zero-order valence-electron chi connectivity index (χ0n) is 35.4. The van der Waals surface area contributed by atoms with Gasteiger partial charge in [-0.15, -0.1) is 5.10 Å². The number of aromatic hydroxyl groups is 3. The quantitative estimate of drug-likeness (QED) is 0.0544. The highest BCUT2D eigenvalue weighted by atomic mass is 16.5. The Kier molecular flexibility index (Phi) is 15.1. The maximum absolute atomic E-state index is 13.6. The van der Waals surface area contributed by atoms with Crippen molar-refractivity contribution in [2.24, 2.45) is 0 Å². The van der Waals surface area contributed by atoms with Crippen LogP contribution in [0.2, 0.25) is 0 Å². The molecule has 0 saturated heterocycles. The van der Waals surface area contributed by atoms with Gasteiger partial charge in [0.25, 0.3) is 23.6 Å². The van der Waals surface area contributed by atoms with Gasteiger partial charge in [-0.2, -0.15) is 0 Å². The molecule has 2 heterocycles. The van der Waals surface area contributed by atoms with E-state index in [9.17, 15) is 54.3 Å². The molecule has 0 aliphatic rings. The summed E-state index contributed by atoms with van der Waals surface area (Å²) in [5.41, 5.74) is 1.02. The molecule has 2 aromatic heterocycles. The van der Waals surface area contributed by atoms with E-state index in [0.717, 1.165) is 12.1 Å². The first-order valence-corrected chi connectivity index (χ1v) is 19.8. The number of anilines is 4. The van der Waals surface area contributed by atoms with Crippen LogP contribution in [0.25, 0.3) is 6.08 Å². The van der Waals surface area contributed by atoms with Gasteiger partial charge in [-0.3, -0.25) is 29.1 Å². The number of nitrogens with one attached hydrogen (secondary N) is 6. The first-order valence-electron chi connectivity index (χ1n) is 19.8. The van der Waals surface area contributed by atoms with Crippen LogP contribution in [0.15, 0.2) is 103 Å². The van der Waals surface area contributed by atoms with Crippen LogP contribution < -0.4 is 36.1 Å². The molecule has 22 nitrogen and oxygen atoms in total. The number of H-pyrrole nitrogens is 1. The second-order valence-electron chi connectivity index (χ2n) is 14.2. The number of ether oxygens (including phenoxy) is 2. The molecule has 0 aliphatic carbocycles. The molecular formula is C45H41N9O13. The Morgan fingerprint density at radius 3 is 2.01 bits per heavy atom. The number of carboxylic acids is 1. The maximum Gasteiger partial charge on any atom is 0.339 e. The highest BCUT2D eigenvalue weighted by Crippen LogP contribution is 2.41. The molecule has 0 fully saturated rings. The topological polar surface area (TPSA) is 337 Å². The molecule has 67 heavy (non-hydrogen) atoms. The minimum atomic E-state index is -1.48. The summed E-state index contributed by atoms with van der Waals surface area (Å²) in [4.78, 5) is 81.9. The van der Waals surface area contributed by atoms with E-state index in [-0.39, 0.29) is 58.4 Å². The minimum Gasteiger partial charge on any atom is -0.508 e. The van der Waals surface area contributed by atoms with Gasteiger partial charge >= 0.3 is 5.97 Å². The Bertz CT molecular complexity index is 2830. The van der Waals surface area contributed by atoms with Crippen LogP contribution in [-0.2, 0) is 16.0 Å². The van der Waals surface area contributed by atoms with Crippen LogP contribution >= 0.6 is 0 Å². The number of aromatic carboxylic acids is 1. The van der Waals surface area contributed by atoms with Crippen LogP contribution in [0.1, 0.15) is 59.7 Å². The van der Waals surface area contributed by atoms with E-state index in [0.29, 0.717) is 22.5 Å². The Morgan fingerprint density at radius 2 is 1.39 bits per heavy atom. The lowest BCUT2D eigenvalue weighted by Gasteiger charge is -2.18. The fraction of sp³-hybridized carbons (Fsp3) is 0.133. The Morgan fingerprint density at radius 1 is 0.731 bits per heavy atom. The summed E-state index contributed by atoms with van der Waals surface area (Å²) in [5.74, 6) is -6.99. The Balaban J connectivity index is 1.09. The first-order chi connectivity index (χ1) is 32.1. The van der Waals surface area contributed by atoms with Crippen molar-refractivity contribution in [2.45, 2.75) is 19.4 Å². The number of hydrogen-bond acceptors (Lipinski definition) is 15. The van der Waals surface area contributed by atoms with Gasteiger partial charge in [0.05, 0.1) is 54.4 Å². The Labute approximate surface area is 379 Å². The van der Waals surface area contributed by atoms with Crippen LogP contribution in [0, 0.1) is 0 Å². The number of hydrogen-bond donors (Lipinski definition) is 11. The molecule has 11 N–H and O–H groups in total. The summed E-state index contributed by atoms with van der Waals surface area (Å²) in [6.07, 6.45) is 4.25. The third-order valence-electron chi connectivity index (χ3n) is 9.59. The van der Waals surface area contributed by atoms with E-state index in [1.807, 2.05) is 0 Å². The lowest BCUT2D eigenvalue weighted by molar-refractivity contribution is -0.118. The number of phenolic OH excluding ortho intramolecular Hbond substituents is 2. The number of nitrogens with zero attached hydrogens (tertiary/aromatic N) is 3. The predicted octanol–water partition coefficient (Wildman–Crippen LogP) is 3.92. The zero-order chi connectivity index (χ0) is 48.2. The third-order valence-corrected chi connectivity index (χ3v) is 9.59. The molecule has 0 spiro atoms. The van der Waals surface area contributed by atoms with Crippen LogP contribution in [0.3, 0.4) is 0 Å². The molecule has 6 rings (SSSR count). The number of phenols is 3. The predicted molar refractivity (Wildman–Crippen MR) is 239 cm³/mol. The number of aromatic amines is 1. The number of amides is 5. The summed E-state index contributed by atoms with van der Waals surface area (Å²) in [6.45, 7) is 0.777. The molecule has 1 atom stereocenters. The smallest absolute Gasteiger partial charge is 0.339 e. The number of benzene rings is 4. The molecule has 22 heteroatoms. The van der Waals surface area contributed by atoms with E-state index in [4.69, 9.17) is 9.47 Å². The number of carbonyl (C=O) groups is 6. The van der Waals surface area contributed by atoms with Crippen molar-refractivity contribution >= 4 is 64.3 Å². The number of methoxy groups -OCH3 is 1. The van der Waals surface area contributed by atoms with E-state index in [1.165, 1.54) is 80.2 Å². The van der Waals surface area contributed by atoms with Crippen molar-refractivity contribution in [3.8, 4) is 28.7 Å². The van der Waals surface area contributed by atoms with Crippen LogP contribution in [-0.4, -0.2) is 108 Å². The van der Waals surface area contributed by atoms with Crippen molar-refractivity contribution in [3.63, 3.8) is 0 Å². The van der Waals surface area contributed by atoms with Crippen LogP contribution in [0.4, 0.5) is 22.7 Å².